The molecule has 0 unspecified atom stereocenters. The molecule has 72 heavy (non-hydrogen) atoms. The van der Waals surface area contributed by atoms with Crippen molar-refractivity contribution in [2.45, 2.75) is 110 Å². The normalized spacial score (nSPS) is 18.2. The van der Waals surface area contributed by atoms with Crippen molar-refractivity contribution in [1.29, 1.82) is 5.26 Å². The van der Waals surface area contributed by atoms with Crippen LogP contribution in [0.15, 0.2) is 72.2 Å². The number of carbonyl (C=O) groups is 4. The number of ether oxygens (including phenoxy) is 4. The van der Waals surface area contributed by atoms with Crippen LogP contribution in [-0.2, 0) is 46.1 Å². The van der Waals surface area contributed by atoms with E-state index in [1.807, 2.05) is 31.2 Å². The number of aliphatic hydroxyl groups is 1. The summed E-state index contributed by atoms with van der Waals surface area (Å²) < 4.78 is 64.3. The molecule has 0 spiro atoms. The van der Waals surface area contributed by atoms with Crippen LogP contribution in [0.4, 0.5) is 24.5 Å². The average Bonchev–Trinajstić information content (AvgIpc) is 4.00. The van der Waals surface area contributed by atoms with E-state index in [2.05, 4.69) is 15.6 Å². The molecule has 3 aromatic carbocycles. The minimum Gasteiger partial charge on any atom is -0.491 e. The Hall–Kier alpha value is -6.02. The van der Waals surface area contributed by atoms with Crippen LogP contribution in [0.5, 0.6) is 5.75 Å². The van der Waals surface area contributed by atoms with Gasteiger partial charge in [-0.2, -0.15) is 18.4 Å². The van der Waals surface area contributed by atoms with Crippen molar-refractivity contribution in [3.63, 3.8) is 0 Å². The van der Waals surface area contributed by atoms with Crippen LogP contribution in [0.2, 0.25) is 0 Å². The number of nitriles is 1. The number of anilines is 2. The zero-order valence-corrected chi connectivity index (χ0v) is 43.0. The minimum atomic E-state index is -4.81. The predicted octanol–water partition coefficient (Wildman–Crippen LogP) is 6.94. The Bertz CT molecular complexity index is 2630. The second-order valence-corrected chi connectivity index (χ2v) is 20.4. The van der Waals surface area contributed by atoms with E-state index in [1.165, 1.54) is 17.0 Å². The molecule has 4 aromatic rings. The van der Waals surface area contributed by atoms with Gasteiger partial charge in [-0.15, -0.1) is 11.3 Å². The smallest absolute Gasteiger partial charge is 0.417 e. The van der Waals surface area contributed by atoms with E-state index in [0.29, 0.717) is 11.4 Å². The highest BCUT2D eigenvalue weighted by Crippen LogP contribution is 2.40. The highest BCUT2D eigenvalue weighted by molar-refractivity contribution is 7.81. The van der Waals surface area contributed by atoms with Crippen molar-refractivity contribution >= 4 is 63.7 Å². The van der Waals surface area contributed by atoms with Crippen LogP contribution in [0, 0.1) is 23.7 Å². The molecule has 4 amide bonds. The summed E-state index contributed by atoms with van der Waals surface area (Å²) in [5, 5.41) is 25.5. The number of benzene rings is 3. The molecule has 1 aromatic heterocycles. The number of aromatic nitrogens is 1. The molecular formula is C51H60F3N7O9S2. The Morgan fingerprint density at radius 3 is 2.25 bits per heavy atom. The Labute approximate surface area is 426 Å². The first-order chi connectivity index (χ1) is 33.9. The molecule has 16 nitrogen and oxygen atoms in total. The zero-order chi connectivity index (χ0) is 52.7. The SMILES string of the molecule is Cc1ncsc1-c1ccc(CNC(=O)[C@@H]2C[C@@H](O)CN2C(=O)[C@@H](NC(=O)CO[C@H](C)[C@@H](C)OCCOCCOc2ccc(N3C(=S)N(c4ccc(C#N)c(C(F)(F)F)c4)C(=O)C3(C)C)cc2)C(C)(C)C)cc1. The summed E-state index contributed by atoms with van der Waals surface area (Å²) in [6.07, 6.45) is -6.60. The molecule has 6 rings (SSSR count). The van der Waals surface area contributed by atoms with Crippen LogP contribution in [0.1, 0.15) is 77.3 Å². The van der Waals surface area contributed by atoms with Gasteiger partial charge in [0.25, 0.3) is 5.91 Å². The molecule has 5 atom stereocenters. The Kier molecular flexibility index (Phi) is 17.8. The molecule has 0 radical (unpaired) electrons. The van der Waals surface area contributed by atoms with E-state index in [1.54, 1.807) is 94.5 Å². The number of hydrogen-bond acceptors (Lipinski definition) is 13. The molecule has 2 saturated heterocycles. The molecule has 21 heteroatoms. The summed E-state index contributed by atoms with van der Waals surface area (Å²) in [6.45, 7) is 14.8. The largest absolute Gasteiger partial charge is 0.491 e. The fraction of sp³-hybridized carbons (Fsp3) is 0.471. The number of β-amino-alcohol motifs (C(OH)–C–C–N with tert-alkyl or cyclic N) is 1. The molecular weight excluding hydrogens is 976 g/mol. The average molecular weight is 1040 g/mol. The van der Waals surface area contributed by atoms with Gasteiger partial charge < -0.3 is 44.5 Å². The van der Waals surface area contributed by atoms with E-state index in [0.717, 1.165) is 38.7 Å². The Balaban J connectivity index is 0.898. The third kappa shape index (κ3) is 13.1. The van der Waals surface area contributed by atoms with E-state index in [4.69, 9.17) is 31.2 Å². The number of rotatable bonds is 20. The predicted molar refractivity (Wildman–Crippen MR) is 268 cm³/mol. The number of amides is 4. The number of likely N-dealkylation sites (tertiary alicyclic amines) is 1. The van der Waals surface area contributed by atoms with Gasteiger partial charge in [0.2, 0.25) is 17.7 Å². The number of carbonyl (C=O) groups excluding carboxylic acids is 4. The van der Waals surface area contributed by atoms with E-state index in [9.17, 15) is 42.7 Å². The molecule has 2 aliphatic rings. The van der Waals surface area contributed by atoms with Gasteiger partial charge in [0, 0.05) is 25.2 Å². The Morgan fingerprint density at radius 2 is 1.62 bits per heavy atom. The number of halogens is 3. The maximum absolute atomic E-state index is 14.0. The number of alkyl halides is 3. The van der Waals surface area contributed by atoms with Crippen LogP contribution >= 0.6 is 23.6 Å². The Morgan fingerprint density at radius 1 is 0.972 bits per heavy atom. The van der Waals surface area contributed by atoms with Gasteiger partial charge in [-0.05, 0) is 106 Å². The van der Waals surface area contributed by atoms with Crippen LogP contribution < -0.4 is 25.2 Å². The van der Waals surface area contributed by atoms with Crippen LogP contribution in [-0.4, -0.2) is 119 Å². The number of aliphatic hydroxyl groups excluding tert-OH is 1. The first-order valence-corrected chi connectivity index (χ1v) is 24.6. The molecule has 386 valence electrons. The van der Waals surface area contributed by atoms with Crippen molar-refractivity contribution < 1.29 is 56.4 Å². The first-order valence-electron chi connectivity index (χ1n) is 23.3. The number of thiazole rings is 1. The van der Waals surface area contributed by atoms with Gasteiger partial charge in [0.1, 0.15) is 36.6 Å². The van der Waals surface area contributed by atoms with E-state index in [-0.39, 0.29) is 63.3 Å². The summed E-state index contributed by atoms with van der Waals surface area (Å²) >= 11 is 7.17. The molecule has 2 aliphatic heterocycles. The number of aryl methyl sites for hydroxylation is 1. The summed E-state index contributed by atoms with van der Waals surface area (Å²) in [6, 6.07) is 17.1. The maximum atomic E-state index is 14.0. The fourth-order valence-corrected chi connectivity index (χ4v) is 9.56. The van der Waals surface area contributed by atoms with Gasteiger partial charge in [0.15, 0.2) is 5.11 Å². The molecule has 0 bridgehead atoms. The lowest BCUT2D eigenvalue weighted by molar-refractivity contribution is -0.145. The maximum Gasteiger partial charge on any atom is 0.417 e. The minimum absolute atomic E-state index is 0.0260. The highest BCUT2D eigenvalue weighted by Gasteiger charge is 2.51. The second-order valence-electron chi connectivity index (χ2n) is 19.1. The van der Waals surface area contributed by atoms with Gasteiger partial charge in [-0.25, -0.2) is 4.98 Å². The van der Waals surface area contributed by atoms with Crippen molar-refractivity contribution in [1.82, 2.24) is 20.5 Å². The molecule has 0 aliphatic carbocycles. The number of nitrogens with zero attached hydrogens (tertiary/aromatic N) is 5. The zero-order valence-electron chi connectivity index (χ0n) is 41.4. The summed E-state index contributed by atoms with van der Waals surface area (Å²) in [7, 11) is 0. The van der Waals surface area contributed by atoms with Gasteiger partial charge in [-0.1, -0.05) is 45.0 Å². The van der Waals surface area contributed by atoms with Gasteiger partial charge in [-0.3, -0.25) is 24.1 Å². The van der Waals surface area contributed by atoms with Gasteiger partial charge in [0.05, 0.1) is 77.1 Å². The molecule has 2 fully saturated rings. The van der Waals surface area contributed by atoms with Crippen LogP contribution in [0.25, 0.3) is 10.4 Å². The van der Waals surface area contributed by atoms with Crippen molar-refractivity contribution in [3.8, 4) is 22.3 Å². The second kappa shape index (κ2) is 23.2. The van der Waals surface area contributed by atoms with E-state index < -0.39 is 82.3 Å². The lowest BCUT2D eigenvalue weighted by Gasteiger charge is -2.35. The first kappa shape index (κ1) is 55.3. The molecule has 3 N–H and O–H groups in total. The van der Waals surface area contributed by atoms with Crippen molar-refractivity contribution in [2.75, 3.05) is 49.4 Å². The lowest BCUT2D eigenvalue weighted by atomic mass is 9.85. The third-order valence-electron chi connectivity index (χ3n) is 12.4. The van der Waals surface area contributed by atoms with Crippen LogP contribution in [0.3, 0.4) is 0 Å². The molecule has 0 saturated carbocycles. The lowest BCUT2D eigenvalue weighted by Crippen LogP contribution is -2.58. The molecule has 3 heterocycles. The monoisotopic (exact) mass is 1040 g/mol. The number of hydrogen-bond donors (Lipinski definition) is 3. The standard InChI is InChI=1S/C51H60F3N7O9S2/c1-30-43(72-29-57-30)34-11-9-33(10-12-34)26-56-45(64)41-24-38(62)27-59(41)46(65)44(49(4,5)6)58-42(63)28-70-32(3)31(2)68-21-19-67-20-22-69-39-17-15-36(16-18-39)61-48(71)60(47(66)50(61,7)8)37-14-13-35(25-55)40(23-37)51(52,53)54/h9-18,23,29,31-32,38,41,44,62H,19-22,24,26-28H2,1-8H3,(H,56,64)(H,58,63)/t31-,32-,38-,41+,44-/m1/s1. The topological polar surface area (TPSA) is 196 Å². The van der Waals surface area contributed by atoms with E-state index >= 15 is 0 Å². The highest BCUT2D eigenvalue weighted by atomic mass is 32.1. The van der Waals surface area contributed by atoms with Crippen molar-refractivity contribution in [2.24, 2.45) is 5.41 Å². The van der Waals surface area contributed by atoms with Gasteiger partial charge >= 0.3 is 6.18 Å². The summed E-state index contributed by atoms with van der Waals surface area (Å²) in [5.41, 5.74) is 1.31. The summed E-state index contributed by atoms with van der Waals surface area (Å²) in [5.74, 6) is -1.47. The number of nitrogens with one attached hydrogen (secondary N) is 2. The van der Waals surface area contributed by atoms with Crippen molar-refractivity contribution in [3.05, 3.63) is 94.6 Å². The summed E-state index contributed by atoms with van der Waals surface area (Å²) in [4.78, 5) is 63.6. The third-order valence-corrected chi connectivity index (χ3v) is 13.7. The fourth-order valence-electron chi connectivity index (χ4n) is 8.23. The quantitative estimate of drug-likeness (QED) is 0.0609. The number of thiocarbonyl (C=S) groups is 1.